The van der Waals surface area contributed by atoms with Crippen LogP contribution in [0.4, 0.5) is 0 Å². The van der Waals surface area contributed by atoms with Gasteiger partial charge in [0, 0.05) is 25.5 Å². The van der Waals surface area contributed by atoms with Gasteiger partial charge in [0.2, 0.25) is 0 Å². The third kappa shape index (κ3) is 4.08. The quantitative estimate of drug-likeness (QED) is 0.859. The Morgan fingerprint density at radius 3 is 2.75 bits per heavy atom. The Balaban J connectivity index is 2.58. The lowest BCUT2D eigenvalue weighted by atomic mass is 9.93. The first-order valence-corrected chi connectivity index (χ1v) is 5.79. The molecule has 0 aliphatic heterocycles. The fourth-order valence-corrected chi connectivity index (χ4v) is 1.85. The number of aromatic nitrogens is 1. The predicted molar refractivity (Wildman–Crippen MR) is 68.4 cm³/mol. The van der Waals surface area contributed by atoms with Gasteiger partial charge in [0.25, 0.3) is 0 Å². The van der Waals surface area contributed by atoms with Crippen LogP contribution in [0.1, 0.15) is 19.4 Å². The normalized spacial score (nSPS) is 12.1. The molecule has 1 aromatic heterocycles. The van der Waals surface area contributed by atoms with Gasteiger partial charge >= 0.3 is 0 Å². The molecule has 0 amide bonds. The van der Waals surface area contributed by atoms with E-state index in [1.54, 1.807) is 12.4 Å². The van der Waals surface area contributed by atoms with Gasteiger partial charge in [0.1, 0.15) is 0 Å². The molecule has 1 rings (SSSR count). The molecule has 1 aromatic rings. The molecule has 16 heavy (non-hydrogen) atoms. The summed E-state index contributed by atoms with van der Waals surface area (Å²) >= 11 is 6.06. The molecule has 0 radical (unpaired) electrons. The zero-order chi connectivity index (χ0) is 12.2. The van der Waals surface area contributed by atoms with Gasteiger partial charge in [-0.3, -0.25) is 4.98 Å². The van der Waals surface area contributed by atoms with Crippen molar-refractivity contribution >= 4 is 11.6 Å². The zero-order valence-corrected chi connectivity index (χ0v) is 11.0. The second-order valence-corrected chi connectivity index (χ2v) is 5.41. The molecule has 0 saturated carbocycles. The van der Waals surface area contributed by atoms with Gasteiger partial charge in [0.05, 0.1) is 5.02 Å². The van der Waals surface area contributed by atoms with Crippen LogP contribution in [0.15, 0.2) is 18.5 Å². The molecule has 1 heterocycles. The molecule has 0 aliphatic rings. The SMILES string of the molecule is CN(Cc1ccncc1Cl)CC(C)(C)CN. The van der Waals surface area contributed by atoms with E-state index in [1.807, 2.05) is 6.07 Å². The highest BCUT2D eigenvalue weighted by Crippen LogP contribution is 2.18. The standard InChI is InChI=1S/C12H20ClN3/c1-12(2,8-14)9-16(3)7-10-4-5-15-6-11(10)13/h4-6H,7-9,14H2,1-3H3. The summed E-state index contributed by atoms with van der Waals surface area (Å²) in [4.78, 5) is 6.20. The van der Waals surface area contributed by atoms with Crippen molar-refractivity contribution in [3.05, 3.63) is 29.0 Å². The number of hydrogen-bond acceptors (Lipinski definition) is 3. The van der Waals surface area contributed by atoms with E-state index >= 15 is 0 Å². The molecule has 0 aromatic carbocycles. The molecule has 90 valence electrons. The van der Waals surface area contributed by atoms with Crippen molar-refractivity contribution in [2.24, 2.45) is 11.1 Å². The summed E-state index contributed by atoms with van der Waals surface area (Å²) in [6.07, 6.45) is 3.45. The summed E-state index contributed by atoms with van der Waals surface area (Å²) in [5, 5.41) is 0.722. The highest BCUT2D eigenvalue weighted by atomic mass is 35.5. The van der Waals surface area contributed by atoms with E-state index in [2.05, 4.69) is 30.8 Å². The van der Waals surface area contributed by atoms with Crippen LogP contribution in [0.5, 0.6) is 0 Å². The van der Waals surface area contributed by atoms with Crippen molar-refractivity contribution < 1.29 is 0 Å². The lowest BCUT2D eigenvalue weighted by Crippen LogP contribution is -2.36. The molecule has 0 unspecified atom stereocenters. The number of hydrogen-bond donors (Lipinski definition) is 1. The smallest absolute Gasteiger partial charge is 0.0634 e. The maximum absolute atomic E-state index is 6.06. The first kappa shape index (κ1) is 13.4. The first-order valence-electron chi connectivity index (χ1n) is 5.41. The van der Waals surface area contributed by atoms with Crippen molar-refractivity contribution in [3.8, 4) is 0 Å². The molecule has 0 spiro atoms. The van der Waals surface area contributed by atoms with Crippen LogP contribution in [-0.4, -0.2) is 30.0 Å². The average molecular weight is 242 g/mol. The number of nitrogens with two attached hydrogens (primary N) is 1. The molecule has 4 heteroatoms. The van der Waals surface area contributed by atoms with Gasteiger partial charge in [-0.25, -0.2) is 0 Å². The van der Waals surface area contributed by atoms with E-state index in [0.29, 0.717) is 6.54 Å². The number of halogens is 1. The van der Waals surface area contributed by atoms with Crippen LogP contribution in [0.2, 0.25) is 5.02 Å². The van der Waals surface area contributed by atoms with Crippen molar-refractivity contribution in [2.45, 2.75) is 20.4 Å². The Morgan fingerprint density at radius 2 is 2.19 bits per heavy atom. The monoisotopic (exact) mass is 241 g/mol. The van der Waals surface area contributed by atoms with Crippen molar-refractivity contribution in [1.29, 1.82) is 0 Å². The van der Waals surface area contributed by atoms with E-state index in [1.165, 1.54) is 0 Å². The zero-order valence-electron chi connectivity index (χ0n) is 10.2. The third-order valence-corrected chi connectivity index (χ3v) is 2.89. The van der Waals surface area contributed by atoms with Crippen LogP contribution in [-0.2, 0) is 6.54 Å². The number of nitrogens with zero attached hydrogens (tertiary/aromatic N) is 2. The topological polar surface area (TPSA) is 42.2 Å². The molecule has 0 bridgehead atoms. The summed E-state index contributed by atoms with van der Waals surface area (Å²) < 4.78 is 0. The van der Waals surface area contributed by atoms with Gasteiger partial charge in [0.15, 0.2) is 0 Å². The van der Waals surface area contributed by atoms with Gasteiger partial charge in [-0.2, -0.15) is 0 Å². The molecule has 3 nitrogen and oxygen atoms in total. The minimum absolute atomic E-state index is 0.133. The maximum atomic E-state index is 6.06. The summed E-state index contributed by atoms with van der Waals surface area (Å²) in [5.41, 5.74) is 6.95. The molecule has 0 saturated heterocycles. The number of rotatable bonds is 5. The van der Waals surface area contributed by atoms with Crippen molar-refractivity contribution in [3.63, 3.8) is 0 Å². The van der Waals surface area contributed by atoms with Crippen LogP contribution in [0, 0.1) is 5.41 Å². The largest absolute Gasteiger partial charge is 0.330 e. The highest BCUT2D eigenvalue weighted by molar-refractivity contribution is 6.31. The highest BCUT2D eigenvalue weighted by Gasteiger charge is 2.18. The second-order valence-electron chi connectivity index (χ2n) is 5.01. The maximum Gasteiger partial charge on any atom is 0.0634 e. The van der Waals surface area contributed by atoms with E-state index < -0.39 is 0 Å². The van der Waals surface area contributed by atoms with E-state index in [0.717, 1.165) is 23.7 Å². The van der Waals surface area contributed by atoms with Crippen molar-refractivity contribution in [2.75, 3.05) is 20.1 Å². The van der Waals surface area contributed by atoms with Gasteiger partial charge in [-0.05, 0) is 30.6 Å². The fourth-order valence-electron chi connectivity index (χ4n) is 1.67. The Kier molecular flexibility index (Phi) is 4.71. The van der Waals surface area contributed by atoms with Gasteiger partial charge in [-0.15, -0.1) is 0 Å². The Bertz CT molecular complexity index is 339. The van der Waals surface area contributed by atoms with Crippen LogP contribution >= 0.6 is 11.6 Å². The van der Waals surface area contributed by atoms with Gasteiger partial charge < -0.3 is 10.6 Å². The molecular weight excluding hydrogens is 222 g/mol. The fraction of sp³-hybridized carbons (Fsp3) is 0.583. The summed E-state index contributed by atoms with van der Waals surface area (Å²) in [7, 11) is 2.08. The summed E-state index contributed by atoms with van der Waals surface area (Å²) in [5.74, 6) is 0. The van der Waals surface area contributed by atoms with Crippen LogP contribution in [0.25, 0.3) is 0 Å². The molecule has 0 aliphatic carbocycles. The summed E-state index contributed by atoms with van der Waals surface area (Å²) in [6, 6.07) is 1.95. The Labute approximate surface area is 103 Å². The molecule has 0 atom stereocenters. The lowest BCUT2D eigenvalue weighted by molar-refractivity contribution is 0.210. The van der Waals surface area contributed by atoms with E-state index in [-0.39, 0.29) is 5.41 Å². The molecular formula is C12H20ClN3. The van der Waals surface area contributed by atoms with E-state index in [4.69, 9.17) is 17.3 Å². The average Bonchev–Trinajstić information content (AvgIpc) is 2.21. The lowest BCUT2D eigenvalue weighted by Gasteiger charge is -2.29. The van der Waals surface area contributed by atoms with Crippen molar-refractivity contribution in [1.82, 2.24) is 9.88 Å². The van der Waals surface area contributed by atoms with Crippen LogP contribution < -0.4 is 5.73 Å². The Morgan fingerprint density at radius 1 is 1.50 bits per heavy atom. The third-order valence-electron chi connectivity index (χ3n) is 2.55. The minimum atomic E-state index is 0.133. The Hall–Kier alpha value is -0.640. The number of pyridine rings is 1. The second kappa shape index (κ2) is 5.62. The first-order chi connectivity index (χ1) is 7.44. The molecule has 2 N–H and O–H groups in total. The predicted octanol–water partition coefficient (Wildman–Crippen LogP) is 2.15. The van der Waals surface area contributed by atoms with Crippen LogP contribution in [0.3, 0.4) is 0 Å². The minimum Gasteiger partial charge on any atom is -0.330 e. The van der Waals surface area contributed by atoms with E-state index in [9.17, 15) is 0 Å². The van der Waals surface area contributed by atoms with Gasteiger partial charge in [-0.1, -0.05) is 25.4 Å². The summed E-state index contributed by atoms with van der Waals surface area (Å²) in [6.45, 7) is 6.78. The molecule has 0 fully saturated rings.